The van der Waals surface area contributed by atoms with E-state index in [0.29, 0.717) is 5.15 Å². The van der Waals surface area contributed by atoms with Gasteiger partial charge < -0.3 is 5.11 Å². The molecule has 1 saturated heterocycles. The first-order valence-electron chi connectivity index (χ1n) is 5.24. The quantitative estimate of drug-likeness (QED) is 0.889. The molecule has 2 aromatic heterocycles. The maximum Gasteiger partial charge on any atom is 0.195 e. The van der Waals surface area contributed by atoms with E-state index in [0.717, 1.165) is 36.7 Å². The van der Waals surface area contributed by atoms with E-state index in [4.69, 9.17) is 11.6 Å². The van der Waals surface area contributed by atoms with Gasteiger partial charge in [0.2, 0.25) is 0 Å². The number of thiazole rings is 1. The van der Waals surface area contributed by atoms with E-state index in [1.165, 1.54) is 0 Å². The molecule has 0 spiro atoms. The Labute approximate surface area is 102 Å². The van der Waals surface area contributed by atoms with Crippen molar-refractivity contribution in [1.29, 1.82) is 0 Å². The van der Waals surface area contributed by atoms with Crippen LogP contribution in [0.3, 0.4) is 0 Å². The highest BCUT2D eigenvalue weighted by atomic mass is 35.5. The molecule has 1 aliphatic heterocycles. The number of aliphatic hydroxyl groups is 1. The molecule has 0 radical (unpaired) electrons. The van der Waals surface area contributed by atoms with E-state index >= 15 is 0 Å². The van der Waals surface area contributed by atoms with Gasteiger partial charge in [0.1, 0.15) is 0 Å². The van der Waals surface area contributed by atoms with Crippen LogP contribution >= 0.6 is 22.9 Å². The van der Waals surface area contributed by atoms with Gasteiger partial charge in [0.05, 0.1) is 11.8 Å². The summed E-state index contributed by atoms with van der Waals surface area (Å²) in [6.07, 6.45) is 2.65. The van der Waals surface area contributed by atoms with Crippen LogP contribution < -0.4 is 0 Å². The van der Waals surface area contributed by atoms with Gasteiger partial charge >= 0.3 is 0 Å². The van der Waals surface area contributed by atoms with Crippen LogP contribution in [0.4, 0.5) is 0 Å². The van der Waals surface area contributed by atoms with Gasteiger partial charge in [-0.05, 0) is 6.42 Å². The smallest absolute Gasteiger partial charge is 0.195 e. The number of halogens is 1. The number of aromatic nitrogens is 2. The molecule has 0 amide bonds. The number of hydrogen-bond donors (Lipinski definition) is 1. The first kappa shape index (κ1) is 10.5. The molecule has 1 aliphatic rings. The molecule has 0 aliphatic carbocycles. The number of hydrogen-bond acceptors (Lipinski definition) is 4. The number of nitrogens with zero attached hydrogens (tertiary/aromatic N) is 3. The molecule has 2 aromatic rings. The Morgan fingerprint density at radius 1 is 1.62 bits per heavy atom. The highest BCUT2D eigenvalue weighted by Gasteiger charge is 2.22. The third kappa shape index (κ3) is 1.73. The molecule has 0 aromatic carbocycles. The van der Waals surface area contributed by atoms with Crippen molar-refractivity contribution in [3.63, 3.8) is 0 Å². The Balaban J connectivity index is 1.88. The van der Waals surface area contributed by atoms with Gasteiger partial charge in [-0.2, -0.15) is 0 Å². The van der Waals surface area contributed by atoms with Gasteiger partial charge in [-0.3, -0.25) is 9.30 Å². The third-order valence-corrected chi connectivity index (χ3v) is 3.99. The van der Waals surface area contributed by atoms with Crippen molar-refractivity contribution >= 4 is 27.9 Å². The lowest BCUT2D eigenvalue weighted by Crippen LogP contribution is -2.22. The fourth-order valence-corrected chi connectivity index (χ4v) is 3.13. The Hall–Kier alpha value is -0.620. The van der Waals surface area contributed by atoms with Crippen LogP contribution in [-0.2, 0) is 6.54 Å². The van der Waals surface area contributed by atoms with Crippen molar-refractivity contribution in [3.8, 4) is 0 Å². The fraction of sp³-hybridized carbons (Fsp3) is 0.500. The van der Waals surface area contributed by atoms with Crippen LogP contribution in [0.2, 0.25) is 5.15 Å². The minimum atomic E-state index is -0.190. The van der Waals surface area contributed by atoms with Crippen LogP contribution in [0.5, 0.6) is 0 Å². The number of β-amino-alcohol motifs (C(OH)–C–C–N with tert-alkyl or cyclic N) is 1. The summed E-state index contributed by atoms with van der Waals surface area (Å²) < 4.78 is 2.03. The number of imidazole rings is 1. The van der Waals surface area contributed by atoms with Crippen LogP contribution in [-0.4, -0.2) is 38.6 Å². The normalized spacial score (nSPS) is 22.2. The average Bonchev–Trinajstić information content (AvgIpc) is 2.88. The predicted molar refractivity (Wildman–Crippen MR) is 64.0 cm³/mol. The summed E-state index contributed by atoms with van der Waals surface area (Å²) >= 11 is 7.69. The number of likely N-dealkylation sites (tertiary alicyclic amines) is 1. The fourth-order valence-electron chi connectivity index (χ4n) is 2.12. The van der Waals surface area contributed by atoms with E-state index in [1.807, 2.05) is 16.0 Å². The Kier molecular flexibility index (Phi) is 2.63. The van der Waals surface area contributed by atoms with Crippen LogP contribution in [0.25, 0.3) is 4.96 Å². The zero-order valence-electron chi connectivity index (χ0n) is 8.64. The molecule has 0 unspecified atom stereocenters. The first-order valence-corrected chi connectivity index (χ1v) is 6.50. The monoisotopic (exact) mass is 257 g/mol. The lowest BCUT2D eigenvalue weighted by Gasteiger charge is -2.14. The van der Waals surface area contributed by atoms with E-state index in [2.05, 4.69) is 9.88 Å². The standard InChI is InChI=1S/C10H12ClN3OS/c11-9-8(6-13-2-1-7(15)5-13)14-3-4-16-10(14)12-9/h3-4,7,15H,1-2,5-6H2/t7-/m1/s1. The summed E-state index contributed by atoms with van der Waals surface area (Å²) in [5.41, 5.74) is 1.02. The van der Waals surface area contributed by atoms with E-state index in [-0.39, 0.29) is 6.10 Å². The van der Waals surface area contributed by atoms with Crippen LogP contribution in [0, 0.1) is 0 Å². The van der Waals surface area contributed by atoms with Gasteiger partial charge in [0.15, 0.2) is 10.1 Å². The molecule has 6 heteroatoms. The van der Waals surface area contributed by atoms with Crippen molar-refractivity contribution in [2.45, 2.75) is 19.1 Å². The van der Waals surface area contributed by atoms with Crippen LogP contribution in [0.1, 0.15) is 12.1 Å². The Bertz CT molecular complexity index is 509. The minimum absolute atomic E-state index is 0.190. The van der Waals surface area contributed by atoms with Gasteiger partial charge in [-0.1, -0.05) is 11.6 Å². The summed E-state index contributed by atoms with van der Waals surface area (Å²) in [4.78, 5) is 7.43. The molecule has 1 N–H and O–H groups in total. The second kappa shape index (κ2) is 4.00. The number of rotatable bonds is 2. The van der Waals surface area contributed by atoms with Crippen LogP contribution in [0.15, 0.2) is 11.6 Å². The molecule has 1 fully saturated rings. The highest BCUT2D eigenvalue weighted by molar-refractivity contribution is 7.15. The SMILES string of the molecule is O[C@@H]1CCN(Cc2c(Cl)nc3sccn23)C1. The molecular formula is C10H12ClN3OS. The van der Waals surface area contributed by atoms with E-state index < -0.39 is 0 Å². The zero-order chi connectivity index (χ0) is 11.1. The molecule has 3 rings (SSSR count). The maximum atomic E-state index is 9.48. The molecular weight excluding hydrogens is 246 g/mol. The lowest BCUT2D eigenvalue weighted by atomic mass is 10.3. The van der Waals surface area contributed by atoms with Gasteiger partial charge in [-0.25, -0.2) is 4.98 Å². The summed E-state index contributed by atoms with van der Waals surface area (Å²) in [5, 5.41) is 12.1. The van der Waals surface area contributed by atoms with Crippen molar-refractivity contribution in [2.24, 2.45) is 0 Å². The highest BCUT2D eigenvalue weighted by Crippen LogP contribution is 2.23. The zero-order valence-corrected chi connectivity index (χ0v) is 10.2. The minimum Gasteiger partial charge on any atom is -0.392 e. The molecule has 0 saturated carbocycles. The number of fused-ring (bicyclic) bond motifs is 1. The Morgan fingerprint density at radius 2 is 2.50 bits per heavy atom. The Morgan fingerprint density at radius 3 is 3.25 bits per heavy atom. The first-order chi connectivity index (χ1) is 7.74. The molecule has 3 heterocycles. The third-order valence-electron chi connectivity index (χ3n) is 2.93. The second-order valence-electron chi connectivity index (χ2n) is 4.08. The lowest BCUT2D eigenvalue weighted by molar-refractivity contribution is 0.174. The second-order valence-corrected chi connectivity index (χ2v) is 5.31. The van der Waals surface area contributed by atoms with Crippen molar-refractivity contribution in [3.05, 3.63) is 22.4 Å². The molecule has 86 valence electrons. The van der Waals surface area contributed by atoms with Crippen molar-refractivity contribution in [2.75, 3.05) is 13.1 Å². The molecule has 1 atom stereocenters. The molecule has 16 heavy (non-hydrogen) atoms. The average molecular weight is 258 g/mol. The van der Waals surface area contributed by atoms with Gasteiger partial charge in [0.25, 0.3) is 0 Å². The number of aliphatic hydroxyl groups excluding tert-OH is 1. The topological polar surface area (TPSA) is 40.8 Å². The summed E-state index contributed by atoms with van der Waals surface area (Å²) in [7, 11) is 0. The summed E-state index contributed by atoms with van der Waals surface area (Å²) in [6, 6.07) is 0. The maximum absolute atomic E-state index is 9.48. The van der Waals surface area contributed by atoms with E-state index in [1.54, 1.807) is 11.3 Å². The van der Waals surface area contributed by atoms with Gasteiger partial charge in [-0.15, -0.1) is 11.3 Å². The predicted octanol–water partition coefficient (Wildman–Crippen LogP) is 1.62. The van der Waals surface area contributed by atoms with E-state index in [9.17, 15) is 5.11 Å². The largest absolute Gasteiger partial charge is 0.392 e. The summed E-state index contributed by atoms with van der Waals surface area (Å²) in [5.74, 6) is 0. The molecule has 4 nitrogen and oxygen atoms in total. The van der Waals surface area contributed by atoms with Gasteiger partial charge in [0, 0.05) is 31.2 Å². The summed E-state index contributed by atoms with van der Waals surface area (Å²) in [6.45, 7) is 2.41. The van der Waals surface area contributed by atoms with Crippen molar-refractivity contribution < 1.29 is 5.11 Å². The van der Waals surface area contributed by atoms with Crippen molar-refractivity contribution in [1.82, 2.24) is 14.3 Å². The molecule has 0 bridgehead atoms.